The second-order valence-corrected chi connectivity index (χ2v) is 2.36. The molecule has 0 spiro atoms. The number of likely N-dealkylation sites (N-methyl/N-ethyl adjacent to an activating group) is 1. The van der Waals surface area contributed by atoms with E-state index in [1.807, 2.05) is 19.2 Å². The number of aromatic nitrogens is 1. The topological polar surface area (TPSA) is 50.9 Å². The fraction of sp³-hybridized carbons (Fsp3) is 0.375. The number of nitrogens with zero attached hydrogens (tertiary/aromatic N) is 1. The minimum Gasteiger partial charge on any atom is -0.329 e. The molecule has 1 aromatic heterocycles. The molecule has 1 rings (SSSR count). The van der Waals surface area contributed by atoms with Crippen molar-refractivity contribution in [3.05, 3.63) is 30.1 Å². The van der Waals surface area contributed by atoms with E-state index in [2.05, 4.69) is 10.3 Å². The lowest BCUT2D eigenvalue weighted by atomic mass is 10.1. The summed E-state index contributed by atoms with van der Waals surface area (Å²) in [6, 6.07) is 4.18. The Balaban J connectivity index is 2.74. The van der Waals surface area contributed by atoms with Gasteiger partial charge >= 0.3 is 0 Å². The molecule has 60 valence electrons. The summed E-state index contributed by atoms with van der Waals surface area (Å²) in [6.45, 7) is 0.612. The third-order valence-corrected chi connectivity index (χ3v) is 1.69. The maximum atomic E-state index is 5.53. The summed E-state index contributed by atoms with van der Waals surface area (Å²) in [5.41, 5.74) is 6.72. The lowest BCUT2D eigenvalue weighted by Crippen LogP contribution is -2.24. The molecule has 0 aliphatic rings. The Morgan fingerprint density at radius 3 is 2.64 bits per heavy atom. The van der Waals surface area contributed by atoms with Gasteiger partial charge in [0.25, 0.3) is 0 Å². The number of rotatable bonds is 3. The van der Waals surface area contributed by atoms with Crippen LogP contribution in [0.4, 0.5) is 0 Å². The molecule has 3 N–H and O–H groups in total. The van der Waals surface area contributed by atoms with Crippen LogP contribution < -0.4 is 11.1 Å². The molecule has 0 aromatic carbocycles. The summed E-state index contributed by atoms with van der Waals surface area (Å²) in [6.07, 6.45) is 3.55. The molecule has 1 unspecified atom stereocenters. The Labute approximate surface area is 66.6 Å². The number of nitrogens with one attached hydrogen (secondary N) is 1. The fourth-order valence-electron chi connectivity index (χ4n) is 1.02. The summed E-state index contributed by atoms with van der Waals surface area (Å²) in [5, 5.41) is 3.12. The Kier molecular flexibility index (Phi) is 3.01. The van der Waals surface area contributed by atoms with E-state index in [-0.39, 0.29) is 6.04 Å². The van der Waals surface area contributed by atoms with Gasteiger partial charge in [0.15, 0.2) is 0 Å². The van der Waals surface area contributed by atoms with Crippen LogP contribution in [-0.4, -0.2) is 18.6 Å². The number of nitrogens with two attached hydrogens (primary N) is 1. The largest absolute Gasteiger partial charge is 0.329 e. The van der Waals surface area contributed by atoms with Crippen LogP contribution in [0, 0.1) is 0 Å². The second kappa shape index (κ2) is 4.05. The summed E-state index contributed by atoms with van der Waals surface area (Å²) < 4.78 is 0. The van der Waals surface area contributed by atoms with Gasteiger partial charge < -0.3 is 11.1 Å². The van der Waals surface area contributed by atoms with Crippen molar-refractivity contribution in [1.29, 1.82) is 0 Å². The van der Waals surface area contributed by atoms with Crippen molar-refractivity contribution in [2.24, 2.45) is 5.73 Å². The molecule has 1 aromatic rings. The molecule has 0 fully saturated rings. The molecule has 0 aliphatic carbocycles. The smallest absolute Gasteiger partial charge is 0.0443 e. The van der Waals surface area contributed by atoms with Gasteiger partial charge in [-0.3, -0.25) is 4.98 Å². The van der Waals surface area contributed by atoms with Crippen molar-refractivity contribution in [2.45, 2.75) is 6.04 Å². The van der Waals surface area contributed by atoms with Crippen molar-refractivity contribution in [3.63, 3.8) is 0 Å². The monoisotopic (exact) mass is 151 g/mol. The predicted molar refractivity (Wildman–Crippen MR) is 45.1 cm³/mol. The molecular weight excluding hydrogens is 138 g/mol. The van der Waals surface area contributed by atoms with Crippen LogP contribution in [0.25, 0.3) is 0 Å². The van der Waals surface area contributed by atoms with Crippen molar-refractivity contribution < 1.29 is 0 Å². The van der Waals surface area contributed by atoms with E-state index in [0.29, 0.717) is 6.54 Å². The fourth-order valence-corrected chi connectivity index (χ4v) is 1.02. The average molecular weight is 151 g/mol. The summed E-state index contributed by atoms with van der Waals surface area (Å²) in [4.78, 5) is 3.93. The van der Waals surface area contributed by atoms with Gasteiger partial charge in [0.1, 0.15) is 0 Å². The van der Waals surface area contributed by atoms with Crippen LogP contribution in [0.2, 0.25) is 0 Å². The molecule has 0 bridgehead atoms. The molecule has 0 aliphatic heterocycles. The highest BCUT2D eigenvalue weighted by molar-refractivity contribution is 5.14. The zero-order valence-corrected chi connectivity index (χ0v) is 6.62. The van der Waals surface area contributed by atoms with Gasteiger partial charge in [-0.05, 0) is 24.7 Å². The van der Waals surface area contributed by atoms with Crippen molar-refractivity contribution >= 4 is 0 Å². The van der Waals surface area contributed by atoms with E-state index in [0.717, 1.165) is 0 Å². The third kappa shape index (κ3) is 2.00. The number of pyridine rings is 1. The van der Waals surface area contributed by atoms with Gasteiger partial charge in [-0.2, -0.15) is 0 Å². The first-order valence-electron chi connectivity index (χ1n) is 3.65. The first-order valence-corrected chi connectivity index (χ1v) is 3.65. The molecule has 11 heavy (non-hydrogen) atoms. The maximum Gasteiger partial charge on any atom is 0.0443 e. The number of hydrogen-bond acceptors (Lipinski definition) is 3. The van der Waals surface area contributed by atoms with Gasteiger partial charge in [-0.1, -0.05) is 0 Å². The van der Waals surface area contributed by atoms with Crippen molar-refractivity contribution in [1.82, 2.24) is 10.3 Å². The van der Waals surface area contributed by atoms with Crippen molar-refractivity contribution in [2.75, 3.05) is 13.6 Å². The Morgan fingerprint density at radius 1 is 1.55 bits per heavy atom. The minimum absolute atomic E-state index is 0.248. The van der Waals surface area contributed by atoms with Gasteiger partial charge in [0.05, 0.1) is 0 Å². The molecule has 0 amide bonds. The van der Waals surface area contributed by atoms with Gasteiger partial charge in [-0.15, -0.1) is 0 Å². The van der Waals surface area contributed by atoms with E-state index in [4.69, 9.17) is 5.73 Å². The predicted octanol–water partition coefficient (Wildman–Crippen LogP) is 0.301. The van der Waals surface area contributed by atoms with E-state index >= 15 is 0 Å². The van der Waals surface area contributed by atoms with Crippen LogP contribution in [0.3, 0.4) is 0 Å². The summed E-state index contributed by atoms with van der Waals surface area (Å²) in [5.74, 6) is 0. The molecule has 1 atom stereocenters. The maximum absolute atomic E-state index is 5.53. The highest BCUT2D eigenvalue weighted by Gasteiger charge is 2.03. The first-order chi connectivity index (χ1) is 5.38. The molecule has 3 heteroatoms. The minimum atomic E-state index is 0.248. The summed E-state index contributed by atoms with van der Waals surface area (Å²) >= 11 is 0. The molecule has 0 saturated heterocycles. The zero-order chi connectivity index (χ0) is 8.10. The van der Waals surface area contributed by atoms with E-state index in [9.17, 15) is 0 Å². The standard InChI is InChI=1S/C8H13N3/c1-10-8(6-9)7-2-4-11-5-3-7/h2-5,8,10H,6,9H2,1H3. The van der Waals surface area contributed by atoms with Crippen LogP contribution in [0.15, 0.2) is 24.5 Å². The molecule has 1 heterocycles. The highest BCUT2D eigenvalue weighted by Crippen LogP contribution is 2.07. The van der Waals surface area contributed by atoms with Gasteiger partial charge in [0.2, 0.25) is 0 Å². The van der Waals surface area contributed by atoms with Crippen molar-refractivity contribution in [3.8, 4) is 0 Å². The van der Waals surface area contributed by atoms with Crippen LogP contribution in [0.1, 0.15) is 11.6 Å². The lowest BCUT2D eigenvalue weighted by Gasteiger charge is -2.12. The van der Waals surface area contributed by atoms with E-state index in [1.165, 1.54) is 5.56 Å². The molecule has 0 radical (unpaired) electrons. The summed E-state index contributed by atoms with van der Waals surface area (Å²) in [7, 11) is 1.90. The first kappa shape index (κ1) is 8.17. The SMILES string of the molecule is CNC(CN)c1ccncc1. The Hall–Kier alpha value is -0.930. The lowest BCUT2D eigenvalue weighted by molar-refractivity contribution is 0.605. The Morgan fingerprint density at radius 2 is 2.18 bits per heavy atom. The van der Waals surface area contributed by atoms with Gasteiger partial charge in [-0.25, -0.2) is 0 Å². The second-order valence-electron chi connectivity index (χ2n) is 2.36. The quantitative estimate of drug-likeness (QED) is 0.653. The molecule has 0 saturated carbocycles. The average Bonchev–Trinajstić information content (AvgIpc) is 2.09. The Bertz CT molecular complexity index is 194. The zero-order valence-electron chi connectivity index (χ0n) is 6.62. The van der Waals surface area contributed by atoms with Crippen LogP contribution in [0.5, 0.6) is 0 Å². The molecular formula is C8H13N3. The molecule has 3 nitrogen and oxygen atoms in total. The van der Waals surface area contributed by atoms with Gasteiger partial charge in [0, 0.05) is 25.0 Å². The highest BCUT2D eigenvalue weighted by atomic mass is 14.9. The number of hydrogen-bond donors (Lipinski definition) is 2. The van der Waals surface area contributed by atoms with Crippen LogP contribution >= 0.6 is 0 Å². The normalized spacial score (nSPS) is 12.9. The van der Waals surface area contributed by atoms with E-state index in [1.54, 1.807) is 12.4 Å². The third-order valence-electron chi connectivity index (χ3n) is 1.69. The van der Waals surface area contributed by atoms with E-state index < -0.39 is 0 Å². The van der Waals surface area contributed by atoms with Crippen LogP contribution in [-0.2, 0) is 0 Å².